The van der Waals surface area contributed by atoms with Crippen LogP contribution < -0.4 is 10.6 Å². The molecule has 0 spiro atoms. The second-order valence-electron chi connectivity index (χ2n) is 8.88. The van der Waals surface area contributed by atoms with Crippen LogP contribution in [0, 0.1) is 0 Å². The van der Waals surface area contributed by atoms with E-state index in [1.54, 1.807) is 0 Å². The number of thiazole rings is 2. The third-order valence-electron chi connectivity index (χ3n) is 6.11. The number of nitrogens with one attached hydrogen (secondary N) is 2. The number of thioether (sulfide) groups is 2. The fourth-order valence-electron chi connectivity index (χ4n) is 4.10. The van der Waals surface area contributed by atoms with E-state index >= 15 is 0 Å². The summed E-state index contributed by atoms with van der Waals surface area (Å²) >= 11 is 15.5. The molecule has 4 heterocycles. The summed E-state index contributed by atoms with van der Waals surface area (Å²) in [7, 11) is 0. The molecule has 2 saturated heterocycles. The number of hydrogen-bond acceptors (Lipinski definition) is 12. The van der Waals surface area contributed by atoms with Gasteiger partial charge in [-0.2, -0.15) is 0 Å². The van der Waals surface area contributed by atoms with Crippen LogP contribution in [0.15, 0.2) is 58.3 Å². The number of thiocarbonyl (C=S) groups is 2. The van der Waals surface area contributed by atoms with Crippen LogP contribution in [0.5, 0.6) is 0 Å². The molecule has 6 rings (SSSR count). The Bertz CT molecular complexity index is 1650. The number of rotatable bonds is 8. The number of aromatic nitrogens is 2. The molecule has 2 N–H and O–H groups in total. The lowest BCUT2D eigenvalue weighted by molar-refractivity contribution is -0.125. The molecule has 2 fully saturated rings. The van der Waals surface area contributed by atoms with Crippen molar-refractivity contribution in [3.05, 3.63) is 58.3 Å². The van der Waals surface area contributed by atoms with E-state index in [2.05, 4.69) is 20.6 Å². The number of nitrogens with zero attached hydrogens (tertiary/aromatic N) is 4. The van der Waals surface area contributed by atoms with Crippen molar-refractivity contribution >= 4 is 134 Å². The van der Waals surface area contributed by atoms with E-state index in [-0.39, 0.29) is 56.2 Å². The molecule has 10 nitrogen and oxygen atoms in total. The van der Waals surface area contributed by atoms with E-state index < -0.39 is 11.8 Å². The fraction of sp³-hybridized carbons (Fsp3) is 0.154. The highest BCUT2D eigenvalue weighted by molar-refractivity contribution is 8.29. The smallest absolute Gasteiger partial charge is 0.267 e. The van der Waals surface area contributed by atoms with Crippen LogP contribution in [-0.2, 0) is 19.2 Å². The molecule has 16 heteroatoms. The van der Waals surface area contributed by atoms with Crippen LogP contribution >= 0.6 is 70.6 Å². The summed E-state index contributed by atoms with van der Waals surface area (Å²) in [6.07, 6.45) is 0.000744. The molecule has 42 heavy (non-hydrogen) atoms. The van der Waals surface area contributed by atoms with Crippen molar-refractivity contribution in [3.8, 4) is 0 Å². The zero-order valence-corrected chi connectivity index (χ0v) is 26.2. The molecular formula is C26H18N6O4S6. The first-order valence-corrected chi connectivity index (χ1v) is 16.5. The quantitative estimate of drug-likeness (QED) is 0.191. The first-order chi connectivity index (χ1) is 20.3. The van der Waals surface area contributed by atoms with Gasteiger partial charge in [0, 0.05) is 25.9 Å². The predicted octanol–water partition coefficient (Wildman–Crippen LogP) is 5.20. The topological polar surface area (TPSA) is 125 Å². The maximum absolute atomic E-state index is 13.2. The number of para-hydroxylation sites is 2. The summed E-state index contributed by atoms with van der Waals surface area (Å²) in [5.41, 5.74) is 1.58. The lowest BCUT2D eigenvalue weighted by Crippen LogP contribution is -2.33. The standard InChI is InChI=1S/C26H18N6O4S6/c33-17(29-23-27-13-5-1-3-7-15(13)39-23)9-11-31-21(35)19(41-25(31)37)20-22(36)32(26(38)42-20)12-10-18(34)30-24-28-14-6-2-4-8-16(14)40-24/h1-8H,9-12H2,(H,27,29,33)(H,28,30,34)/b20-19+. The van der Waals surface area contributed by atoms with E-state index in [0.717, 1.165) is 44.0 Å². The number of anilines is 2. The van der Waals surface area contributed by atoms with Crippen molar-refractivity contribution in [1.29, 1.82) is 0 Å². The molecule has 212 valence electrons. The number of hydrogen-bond donors (Lipinski definition) is 2. The van der Waals surface area contributed by atoms with Gasteiger partial charge in [-0.3, -0.25) is 29.0 Å². The number of amides is 4. The third kappa shape index (κ3) is 5.95. The number of carbonyl (C=O) groups is 4. The second-order valence-corrected chi connectivity index (χ2v) is 14.2. The fourth-order valence-corrected chi connectivity index (χ4v) is 8.63. The Hall–Kier alpha value is -3.28. The zero-order valence-electron chi connectivity index (χ0n) is 21.3. The summed E-state index contributed by atoms with van der Waals surface area (Å²) < 4.78 is 2.42. The van der Waals surface area contributed by atoms with Gasteiger partial charge < -0.3 is 10.6 Å². The summed E-state index contributed by atoms with van der Waals surface area (Å²) in [5.74, 6) is -1.52. The normalized spacial score (nSPS) is 17.2. The summed E-state index contributed by atoms with van der Waals surface area (Å²) in [5, 5.41) is 6.48. The molecule has 0 bridgehead atoms. The first-order valence-electron chi connectivity index (χ1n) is 12.4. The largest absolute Gasteiger partial charge is 0.302 e. The van der Waals surface area contributed by atoms with Crippen LogP contribution in [0.25, 0.3) is 20.4 Å². The van der Waals surface area contributed by atoms with Crippen molar-refractivity contribution in [2.75, 3.05) is 23.7 Å². The summed E-state index contributed by atoms with van der Waals surface area (Å²) in [6, 6.07) is 15.1. The SMILES string of the molecule is O=C(CCN1C(=O)/C(=C2\SC(=S)N(CCC(=O)Nc3nc4ccccc4s3)C2=O)SC1=S)Nc1nc2ccccc2s1. The molecule has 0 saturated carbocycles. The van der Waals surface area contributed by atoms with Gasteiger partial charge >= 0.3 is 0 Å². The molecule has 0 unspecified atom stereocenters. The molecule has 2 aromatic heterocycles. The Morgan fingerprint density at radius 2 is 1.10 bits per heavy atom. The maximum atomic E-state index is 13.2. The molecule has 4 amide bonds. The average molecular weight is 671 g/mol. The average Bonchev–Trinajstić information content (AvgIpc) is 3.70. The van der Waals surface area contributed by atoms with E-state index in [1.807, 2.05) is 48.5 Å². The van der Waals surface area contributed by atoms with Crippen LogP contribution in [0.2, 0.25) is 0 Å². The minimum absolute atomic E-state index is 0.000372. The van der Waals surface area contributed by atoms with Gasteiger partial charge in [-0.25, -0.2) is 9.97 Å². The van der Waals surface area contributed by atoms with Crippen molar-refractivity contribution in [2.24, 2.45) is 0 Å². The highest BCUT2D eigenvalue weighted by Crippen LogP contribution is 2.42. The van der Waals surface area contributed by atoms with E-state index in [0.29, 0.717) is 10.3 Å². The van der Waals surface area contributed by atoms with Gasteiger partial charge in [0.05, 0.1) is 30.2 Å². The first kappa shape index (κ1) is 28.8. The van der Waals surface area contributed by atoms with Gasteiger partial charge in [0.15, 0.2) is 10.3 Å². The highest BCUT2D eigenvalue weighted by atomic mass is 32.2. The molecule has 0 atom stereocenters. The van der Waals surface area contributed by atoms with E-state index in [1.165, 1.54) is 32.5 Å². The third-order valence-corrected chi connectivity index (χ3v) is 11.0. The lowest BCUT2D eigenvalue weighted by atomic mass is 10.3. The van der Waals surface area contributed by atoms with Gasteiger partial charge in [0.2, 0.25) is 11.8 Å². The summed E-state index contributed by atoms with van der Waals surface area (Å²) in [6.45, 7) is 0.105. The Kier molecular flexibility index (Phi) is 8.33. The second kappa shape index (κ2) is 12.1. The molecule has 0 radical (unpaired) electrons. The van der Waals surface area contributed by atoms with Crippen LogP contribution in [0.3, 0.4) is 0 Å². The van der Waals surface area contributed by atoms with Crippen LogP contribution in [0.4, 0.5) is 10.3 Å². The van der Waals surface area contributed by atoms with Gasteiger partial charge in [-0.15, -0.1) is 0 Å². The Morgan fingerprint density at radius 1 is 0.690 bits per heavy atom. The van der Waals surface area contributed by atoms with Crippen LogP contribution in [-0.4, -0.2) is 65.1 Å². The molecule has 4 aromatic rings. The van der Waals surface area contributed by atoms with Crippen molar-refractivity contribution in [1.82, 2.24) is 19.8 Å². The van der Waals surface area contributed by atoms with Crippen molar-refractivity contribution in [2.45, 2.75) is 12.8 Å². The monoisotopic (exact) mass is 670 g/mol. The number of benzene rings is 2. The number of carbonyl (C=O) groups excluding carboxylic acids is 4. The van der Waals surface area contributed by atoms with Gasteiger partial charge in [0.1, 0.15) is 8.64 Å². The lowest BCUT2D eigenvalue weighted by Gasteiger charge is -2.14. The van der Waals surface area contributed by atoms with Crippen molar-refractivity contribution in [3.63, 3.8) is 0 Å². The number of fused-ring (bicyclic) bond motifs is 2. The van der Waals surface area contributed by atoms with E-state index in [9.17, 15) is 19.2 Å². The maximum Gasteiger partial charge on any atom is 0.267 e. The van der Waals surface area contributed by atoms with Crippen LogP contribution in [0.1, 0.15) is 12.8 Å². The van der Waals surface area contributed by atoms with Gasteiger partial charge in [-0.1, -0.05) is 94.9 Å². The Morgan fingerprint density at radius 3 is 1.50 bits per heavy atom. The minimum atomic E-state index is -0.452. The molecule has 2 aromatic carbocycles. The molecule has 2 aliphatic rings. The van der Waals surface area contributed by atoms with Gasteiger partial charge in [0.25, 0.3) is 11.8 Å². The Labute approximate surface area is 265 Å². The van der Waals surface area contributed by atoms with Crippen molar-refractivity contribution < 1.29 is 19.2 Å². The summed E-state index contributed by atoms with van der Waals surface area (Å²) in [4.78, 5) is 63.3. The molecule has 0 aliphatic carbocycles. The predicted molar refractivity (Wildman–Crippen MR) is 177 cm³/mol. The van der Waals surface area contributed by atoms with Gasteiger partial charge in [-0.05, 0) is 24.3 Å². The minimum Gasteiger partial charge on any atom is -0.302 e. The molecular weight excluding hydrogens is 653 g/mol. The Balaban J connectivity index is 1.04. The zero-order chi connectivity index (χ0) is 29.4. The molecule has 2 aliphatic heterocycles. The van der Waals surface area contributed by atoms with E-state index in [4.69, 9.17) is 24.4 Å². The highest BCUT2D eigenvalue weighted by Gasteiger charge is 2.42.